The number of rotatable bonds is 3. The van der Waals surface area contributed by atoms with Gasteiger partial charge in [0.1, 0.15) is 6.54 Å². The molecule has 0 bridgehead atoms. The molecule has 0 saturated carbocycles. The molecule has 1 N–H and O–H groups in total. The first-order valence-corrected chi connectivity index (χ1v) is 10.5. The van der Waals surface area contributed by atoms with E-state index in [9.17, 15) is 9.90 Å². The highest BCUT2D eigenvalue weighted by Gasteiger charge is 2.27. The summed E-state index contributed by atoms with van der Waals surface area (Å²) in [7, 11) is 0. The minimum absolute atomic E-state index is 0.141. The number of aromatic nitrogens is 3. The molecule has 0 fully saturated rings. The second-order valence-corrected chi connectivity index (χ2v) is 9.26. The predicted octanol–water partition coefficient (Wildman–Crippen LogP) is 4.84. The van der Waals surface area contributed by atoms with Gasteiger partial charge < -0.3 is 5.11 Å². The number of nitrogens with zero attached hydrogens (tertiary/aromatic N) is 3. The van der Waals surface area contributed by atoms with E-state index >= 15 is 0 Å². The smallest absolute Gasteiger partial charge is 0.354 e. The molecule has 1 aromatic carbocycles. The summed E-state index contributed by atoms with van der Waals surface area (Å²) in [6.07, 6.45) is 3.35. The Hall–Kier alpha value is -1.93. The van der Waals surface area contributed by atoms with Crippen LogP contribution in [0.15, 0.2) is 52.0 Å². The van der Waals surface area contributed by atoms with Gasteiger partial charge in [-0.3, -0.25) is 0 Å². The summed E-state index contributed by atoms with van der Waals surface area (Å²) >= 11 is 16.9. The molecule has 9 heteroatoms. The average molecular weight is 498 g/mol. The van der Waals surface area contributed by atoms with Crippen LogP contribution in [-0.2, 0) is 6.54 Å². The lowest BCUT2D eigenvalue weighted by molar-refractivity contribution is -0.671. The monoisotopic (exact) mass is 496 g/mol. The number of halogens is 3. The maximum Gasteiger partial charge on any atom is 0.354 e. The summed E-state index contributed by atoms with van der Waals surface area (Å²) in [4.78, 5) is 18.2. The Morgan fingerprint density at radius 2 is 2.11 bits per heavy atom. The third kappa shape index (κ3) is 3.43. The molecule has 142 valence electrons. The molecule has 5 nitrogen and oxygen atoms in total. The lowest BCUT2D eigenvalue weighted by Gasteiger charge is -2.11. The Balaban J connectivity index is 2.08. The standard InChI is InChI=1S/C19H12BrCl2N3O2S/c1-10-3-2-4-24-16(10)25(9-14-8-23-19(22)28-14)18(27)15(17(24)26)11-5-12(20)7-13(21)6-11/h2-8H,9H2,1H3/p+1. The van der Waals surface area contributed by atoms with Crippen molar-refractivity contribution in [3.63, 3.8) is 0 Å². The molecule has 0 spiro atoms. The van der Waals surface area contributed by atoms with Crippen molar-refractivity contribution in [1.82, 2.24) is 9.38 Å². The molecule has 4 rings (SSSR count). The summed E-state index contributed by atoms with van der Waals surface area (Å²) in [5, 5.41) is 11.6. The fourth-order valence-corrected chi connectivity index (χ4v) is 5.01. The van der Waals surface area contributed by atoms with Crippen LogP contribution in [0.25, 0.3) is 16.8 Å². The van der Waals surface area contributed by atoms with Crippen molar-refractivity contribution in [3.8, 4) is 17.0 Å². The van der Waals surface area contributed by atoms with E-state index in [1.165, 1.54) is 15.7 Å². The molecule has 3 heterocycles. The molecule has 0 unspecified atom stereocenters. The summed E-state index contributed by atoms with van der Waals surface area (Å²) in [5.41, 5.74) is 1.81. The van der Waals surface area contributed by atoms with Crippen LogP contribution in [-0.4, -0.2) is 14.5 Å². The molecular formula is C19H13BrCl2N3O2S+. The Morgan fingerprint density at radius 3 is 2.79 bits per heavy atom. The first-order valence-electron chi connectivity index (χ1n) is 8.18. The van der Waals surface area contributed by atoms with Gasteiger partial charge in [-0.15, -0.1) is 11.3 Å². The second kappa shape index (κ2) is 7.48. The maximum absolute atomic E-state index is 13.2. The van der Waals surface area contributed by atoms with Crippen molar-refractivity contribution in [3.05, 3.63) is 77.5 Å². The fourth-order valence-electron chi connectivity index (χ4n) is 3.18. The van der Waals surface area contributed by atoms with Gasteiger partial charge in [0, 0.05) is 21.3 Å². The second-order valence-electron chi connectivity index (χ2n) is 6.21. The number of benzene rings is 1. The number of hydrogen-bond donors (Lipinski definition) is 1. The molecule has 0 aliphatic heterocycles. The van der Waals surface area contributed by atoms with Gasteiger partial charge in [-0.2, -0.15) is 8.97 Å². The van der Waals surface area contributed by atoms with Crippen LogP contribution in [0.2, 0.25) is 9.49 Å². The van der Waals surface area contributed by atoms with Gasteiger partial charge in [0.05, 0.1) is 11.1 Å². The summed E-state index contributed by atoms with van der Waals surface area (Å²) in [5.74, 6) is -0.141. The Bertz CT molecular complexity index is 1270. The van der Waals surface area contributed by atoms with Gasteiger partial charge in [0.15, 0.2) is 10.0 Å². The molecule has 0 aliphatic rings. The topological polar surface area (TPSA) is 58.5 Å². The van der Waals surface area contributed by atoms with Crippen molar-refractivity contribution in [2.24, 2.45) is 0 Å². The quantitative estimate of drug-likeness (QED) is 0.412. The lowest BCUT2D eigenvalue weighted by atomic mass is 10.1. The summed E-state index contributed by atoms with van der Waals surface area (Å²) in [6.45, 7) is 2.21. The third-order valence-corrected chi connectivity index (χ3v) is 6.10. The normalized spacial score (nSPS) is 11.3. The highest BCUT2D eigenvalue weighted by molar-refractivity contribution is 9.10. The minimum atomic E-state index is -0.330. The zero-order valence-electron chi connectivity index (χ0n) is 14.5. The number of thiazole rings is 1. The number of pyridine rings is 1. The van der Waals surface area contributed by atoms with Crippen molar-refractivity contribution in [1.29, 1.82) is 0 Å². The summed E-state index contributed by atoms with van der Waals surface area (Å²) in [6, 6.07) is 8.81. The SMILES string of the molecule is Cc1cccn2c(=O)c(-c3cc(Cl)cc(Br)c3)c(O)[n+](Cc3cnc(Cl)s3)c12. The van der Waals surface area contributed by atoms with E-state index in [1.807, 2.05) is 13.0 Å². The van der Waals surface area contributed by atoms with E-state index < -0.39 is 0 Å². The number of hydrogen-bond acceptors (Lipinski definition) is 4. The molecular weight excluding hydrogens is 485 g/mol. The van der Waals surface area contributed by atoms with Gasteiger partial charge in [0.2, 0.25) is 0 Å². The van der Waals surface area contributed by atoms with Crippen LogP contribution >= 0.6 is 50.5 Å². The van der Waals surface area contributed by atoms with Crippen molar-refractivity contribution in [2.75, 3.05) is 0 Å². The van der Waals surface area contributed by atoms with Gasteiger partial charge >= 0.3 is 5.56 Å². The zero-order chi connectivity index (χ0) is 20.0. The van der Waals surface area contributed by atoms with E-state index in [0.717, 1.165) is 10.4 Å². The van der Waals surface area contributed by atoms with Crippen LogP contribution in [0.1, 0.15) is 10.4 Å². The molecule has 4 aromatic rings. The van der Waals surface area contributed by atoms with Gasteiger partial charge in [-0.05, 0) is 42.8 Å². The number of fused-ring (bicyclic) bond motifs is 1. The summed E-state index contributed by atoms with van der Waals surface area (Å²) < 4.78 is 4.35. The van der Waals surface area contributed by atoms with E-state index in [-0.39, 0.29) is 17.0 Å². The van der Waals surface area contributed by atoms with E-state index in [1.54, 1.807) is 41.2 Å². The molecule has 28 heavy (non-hydrogen) atoms. The Morgan fingerprint density at radius 1 is 1.32 bits per heavy atom. The van der Waals surface area contributed by atoms with Crippen molar-refractivity contribution >= 4 is 56.1 Å². The first-order chi connectivity index (χ1) is 13.3. The molecule has 0 saturated heterocycles. The fraction of sp³-hybridized carbons (Fsp3) is 0.105. The zero-order valence-corrected chi connectivity index (χ0v) is 18.4. The van der Waals surface area contributed by atoms with Crippen LogP contribution in [0.4, 0.5) is 0 Å². The van der Waals surface area contributed by atoms with Gasteiger partial charge in [0.25, 0.3) is 11.5 Å². The van der Waals surface area contributed by atoms with E-state index in [4.69, 9.17) is 23.2 Å². The Kier molecular flexibility index (Phi) is 5.18. The van der Waals surface area contributed by atoms with E-state index in [0.29, 0.717) is 31.7 Å². The van der Waals surface area contributed by atoms with Crippen molar-refractivity contribution in [2.45, 2.75) is 13.5 Å². The highest BCUT2D eigenvalue weighted by atomic mass is 79.9. The van der Waals surface area contributed by atoms with Crippen LogP contribution in [0, 0.1) is 6.92 Å². The molecule has 0 atom stereocenters. The van der Waals surface area contributed by atoms with Crippen LogP contribution in [0.3, 0.4) is 0 Å². The molecule has 0 amide bonds. The highest BCUT2D eigenvalue weighted by Crippen LogP contribution is 2.30. The van der Waals surface area contributed by atoms with Gasteiger partial charge in [-0.1, -0.05) is 39.1 Å². The van der Waals surface area contributed by atoms with E-state index in [2.05, 4.69) is 20.9 Å². The van der Waals surface area contributed by atoms with Crippen LogP contribution < -0.4 is 10.1 Å². The average Bonchev–Trinajstić information content (AvgIpc) is 3.03. The largest absolute Gasteiger partial charge is 0.477 e. The van der Waals surface area contributed by atoms with Crippen LogP contribution in [0.5, 0.6) is 5.88 Å². The minimum Gasteiger partial charge on any atom is -0.477 e. The molecule has 3 aromatic heterocycles. The third-order valence-electron chi connectivity index (χ3n) is 4.32. The molecule has 0 radical (unpaired) electrons. The Labute approximate surface area is 182 Å². The number of aromatic hydroxyl groups is 1. The van der Waals surface area contributed by atoms with Crippen molar-refractivity contribution < 1.29 is 9.67 Å². The predicted molar refractivity (Wildman–Crippen MR) is 115 cm³/mol. The van der Waals surface area contributed by atoms with Gasteiger partial charge in [-0.25, -0.2) is 9.78 Å². The molecule has 0 aliphatic carbocycles. The number of aryl methyl sites for hydroxylation is 1. The maximum atomic E-state index is 13.2. The first kappa shape index (κ1) is 19.4. The lowest BCUT2D eigenvalue weighted by Crippen LogP contribution is -2.41.